The van der Waals surface area contributed by atoms with E-state index in [1.165, 1.54) is 37.1 Å². The second kappa shape index (κ2) is 9.17. The summed E-state index contributed by atoms with van der Waals surface area (Å²) in [4.78, 5) is 25.6. The summed E-state index contributed by atoms with van der Waals surface area (Å²) in [5.74, 6) is -1.23. The number of aromatic carboxylic acids is 1. The Morgan fingerprint density at radius 1 is 1.04 bits per heavy atom. The molecule has 0 aliphatic heterocycles. The lowest BCUT2D eigenvalue weighted by molar-refractivity contribution is 0.0696. The first kappa shape index (κ1) is 18.1. The van der Waals surface area contributed by atoms with Gasteiger partial charge in [0.15, 0.2) is 0 Å². The average molecular weight is 341 g/mol. The minimum Gasteiger partial charge on any atom is -0.508 e. The number of benzene rings is 1. The average Bonchev–Trinajstić information content (AvgIpc) is 3.14. The number of rotatable bonds is 3. The molecule has 0 saturated heterocycles. The minimum absolute atomic E-state index is 0.0279. The fourth-order valence-corrected chi connectivity index (χ4v) is 2.23. The van der Waals surface area contributed by atoms with E-state index >= 15 is 0 Å². The Morgan fingerprint density at radius 3 is 2.28 bits per heavy atom. The van der Waals surface area contributed by atoms with Gasteiger partial charge in [-0.15, -0.1) is 0 Å². The summed E-state index contributed by atoms with van der Waals surface area (Å²) in [6.07, 6.45) is 7.58. The number of nitrogens with one attached hydrogen (secondary N) is 1. The standard InChI is InChI=1S/C11H13N3O.C7H6O3/c15-11(9-5-7-12-8-6-9)14-13-10-3-1-2-4-10;8-6-3-1-2-5(4-6)7(9)10/h5-8H,1-4H2,(H,14,15);1-4,8H,(H,9,10). The quantitative estimate of drug-likeness (QED) is 0.743. The normalized spacial score (nSPS) is 12.7. The molecular weight excluding hydrogens is 322 g/mol. The molecule has 1 aromatic carbocycles. The summed E-state index contributed by atoms with van der Waals surface area (Å²) in [7, 11) is 0. The molecule has 1 heterocycles. The summed E-state index contributed by atoms with van der Waals surface area (Å²) in [6, 6.07) is 8.87. The highest BCUT2D eigenvalue weighted by molar-refractivity contribution is 5.95. The van der Waals surface area contributed by atoms with Crippen LogP contribution in [0.2, 0.25) is 0 Å². The molecule has 130 valence electrons. The van der Waals surface area contributed by atoms with Gasteiger partial charge in [0.25, 0.3) is 5.91 Å². The lowest BCUT2D eigenvalue weighted by Gasteiger charge is -2.00. The third-order valence-corrected chi connectivity index (χ3v) is 3.53. The number of carboxylic acid groups (broad SMARTS) is 1. The molecule has 0 bridgehead atoms. The van der Waals surface area contributed by atoms with Crippen molar-refractivity contribution in [3.05, 3.63) is 59.9 Å². The van der Waals surface area contributed by atoms with E-state index in [2.05, 4.69) is 15.5 Å². The molecule has 0 spiro atoms. The SMILES string of the molecule is O=C(NN=C1CCCC1)c1ccncc1.O=C(O)c1cccc(O)c1. The number of carbonyl (C=O) groups excluding carboxylic acids is 1. The Bertz CT molecular complexity index is 752. The second-order valence-corrected chi connectivity index (χ2v) is 5.42. The molecule has 2 aromatic rings. The Kier molecular flexibility index (Phi) is 6.65. The van der Waals surface area contributed by atoms with Crippen molar-refractivity contribution in [2.24, 2.45) is 5.10 Å². The lowest BCUT2D eigenvalue weighted by Crippen LogP contribution is -2.18. The van der Waals surface area contributed by atoms with Crippen LogP contribution >= 0.6 is 0 Å². The first-order valence-corrected chi connectivity index (χ1v) is 7.84. The number of hydrogen-bond donors (Lipinski definition) is 3. The lowest BCUT2D eigenvalue weighted by atomic mass is 10.2. The summed E-state index contributed by atoms with van der Waals surface area (Å²) in [5.41, 5.74) is 4.34. The maximum atomic E-state index is 11.6. The van der Waals surface area contributed by atoms with Crippen LogP contribution in [0, 0.1) is 0 Å². The van der Waals surface area contributed by atoms with Gasteiger partial charge in [-0.2, -0.15) is 5.10 Å². The Hall–Kier alpha value is -3.22. The van der Waals surface area contributed by atoms with Crippen molar-refractivity contribution in [1.82, 2.24) is 10.4 Å². The van der Waals surface area contributed by atoms with Gasteiger partial charge in [0.05, 0.1) is 5.56 Å². The fraction of sp³-hybridized carbons (Fsp3) is 0.222. The Labute approximate surface area is 145 Å². The number of carbonyl (C=O) groups is 2. The van der Waals surface area contributed by atoms with Gasteiger partial charge in [-0.25, -0.2) is 10.2 Å². The zero-order valence-corrected chi connectivity index (χ0v) is 13.6. The van der Waals surface area contributed by atoms with Crippen molar-refractivity contribution >= 4 is 17.6 Å². The molecular formula is C18H19N3O4. The summed E-state index contributed by atoms with van der Waals surface area (Å²) in [5, 5.41) is 21.3. The van der Waals surface area contributed by atoms with Gasteiger partial charge in [0, 0.05) is 23.7 Å². The van der Waals surface area contributed by atoms with Crippen LogP contribution in [0.5, 0.6) is 5.75 Å². The van der Waals surface area contributed by atoms with Crippen LogP contribution in [0.4, 0.5) is 0 Å². The number of amides is 1. The van der Waals surface area contributed by atoms with Gasteiger partial charge in [0.1, 0.15) is 5.75 Å². The van der Waals surface area contributed by atoms with Crippen LogP contribution in [0.1, 0.15) is 46.4 Å². The van der Waals surface area contributed by atoms with Gasteiger partial charge >= 0.3 is 5.97 Å². The first-order valence-electron chi connectivity index (χ1n) is 7.84. The zero-order valence-electron chi connectivity index (χ0n) is 13.6. The molecule has 7 heteroatoms. The van der Waals surface area contributed by atoms with Gasteiger partial charge in [-0.05, 0) is 56.0 Å². The van der Waals surface area contributed by atoms with E-state index in [0.29, 0.717) is 5.56 Å². The molecule has 1 aliphatic rings. The second-order valence-electron chi connectivity index (χ2n) is 5.42. The molecule has 0 radical (unpaired) electrons. The number of hydrogen-bond acceptors (Lipinski definition) is 5. The molecule has 7 nitrogen and oxygen atoms in total. The van der Waals surface area contributed by atoms with Crippen molar-refractivity contribution in [3.63, 3.8) is 0 Å². The van der Waals surface area contributed by atoms with Crippen LogP contribution in [0.15, 0.2) is 53.9 Å². The van der Waals surface area contributed by atoms with Crippen LogP contribution in [0.3, 0.4) is 0 Å². The van der Waals surface area contributed by atoms with Crippen LogP contribution in [0.25, 0.3) is 0 Å². The molecule has 3 rings (SSSR count). The number of phenolic OH excluding ortho intramolecular Hbond substituents is 1. The van der Waals surface area contributed by atoms with Crippen molar-refractivity contribution in [2.45, 2.75) is 25.7 Å². The molecule has 0 unspecified atom stereocenters. The summed E-state index contributed by atoms with van der Waals surface area (Å²) >= 11 is 0. The highest BCUT2D eigenvalue weighted by Crippen LogP contribution is 2.14. The number of nitrogens with zero attached hydrogens (tertiary/aromatic N) is 2. The van der Waals surface area contributed by atoms with Crippen molar-refractivity contribution in [3.8, 4) is 5.75 Å². The molecule has 25 heavy (non-hydrogen) atoms. The number of hydrazone groups is 1. The molecule has 1 amide bonds. The van der Waals surface area contributed by atoms with Gasteiger partial charge in [-0.3, -0.25) is 9.78 Å². The van der Waals surface area contributed by atoms with Crippen LogP contribution in [-0.4, -0.2) is 32.8 Å². The number of carboxylic acids is 1. The van der Waals surface area contributed by atoms with E-state index in [9.17, 15) is 9.59 Å². The highest BCUT2D eigenvalue weighted by atomic mass is 16.4. The maximum Gasteiger partial charge on any atom is 0.335 e. The number of phenols is 1. The van der Waals surface area contributed by atoms with Crippen molar-refractivity contribution < 1.29 is 19.8 Å². The number of pyridine rings is 1. The highest BCUT2D eigenvalue weighted by Gasteiger charge is 2.09. The van der Waals surface area contributed by atoms with E-state index in [4.69, 9.17) is 10.2 Å². The molecule has 1 aromatic heterocycles. The molecule has 0 atom stereocenters. The molecule has 1 saturated carbocycles. The molecule has 1 fully saturated rings. The van der Waals surface area contributed by atoms with Gasteiger partial charge in [-0.1, -0.05) is 6.07 Å². The topological polar surface area (TPSA) is 112 Å². The van der Waals surface area contributed by atoms with Gasteiger partial charge in [0.2, 0.25) is 0 Å². The zero-order chi connectivity index (χ0) is 18.1. The minimum atomic E-state index is -1.03. The van der Waals surface area contributed by atoms with E-state index in [1.54, 1.807) is 24.5 Å². The number of aromatic nitrogens is 1. The predicted molar refractivity (Wildman–Crippen MR) is 92.7 cm³/mol. The van der Waals surface area contributed by atoms with E-state index < -0.39 is 5.97 Å². The smallest absolute Gasteiger partial charge is 0.335 e. The van der Waals surface area contributed by atoms with E-state index in [1.807, 2.05) is 0 Å². The molecule has 3 N–H and O–H groups in total. The van der Waals surface area contributed by atoms with E-state index in [0.717, 1.165) is 18.6 Å². The predicted octanol–water partition coefficient (Wildman–Crippen LogP) is 2.83. The molecule has 1 aliphatic carbocycles. The van der Waals surface area contributed by atoms with Crippen molar-refractivity contribution in [2.75, 3.05) is 0 Å². The van der Waals surface area contributed by atoms with Gasteiger partial charge < -0.3 is 10.2 Å². The monoisotopic (exact) mass is 341 g/mol. The largest absolute Gasteiger partial charge is 0.508 e. The van der Waals surface area contributed by atoms with Crippen LogP contribution in [-0.2, 0) is 0 Å². The maximum absolute atomic E-state index is 11.6. The summed E-state index contributed by atoms with van der Waals surface area (Å²) in [6.45, 7) is 0. The van der Waals surface area contributed by atoms with E-state index in [-0.39, 0.29) is 17.2 Å². The third kappa shape index (κ3) is 6.06. The summed E-state index contributed by atoms with van der Waals surface area (Å²) < 4.78 is 0. The van der Waals surface area contributed by atoms with Crippen molar-refractivity contribution in [1.29, 1.82) is 0 Å². The first-order chi connectivity index (χ1) is 12.1. The fourth-order valence-electron chi connectivity index (χ4n) is 2.23. The Balaban J connectivity index is 0.000000196. The van der Waals surface area contributed by atoms with Crippen LogP contribution < -0.4 is 5.43 Å². The third-order valence-electron chi connectivity index (χ3n) is 3.53. The Morgan fingerprint density at radius 2 is 1.72 bits per heavy atom. The number of aromatic hydroxyl groups is 1.